The summed E-state index contributed by atoms with van der Waals surface area (Å²) in [6.07, 6.45) is 3.93. The van der Waals surface area contributed by atoms with Crippen LogP contribution >= 0.6 is 0 Å². The van der Waals surface area contributed by atoms with Crippen LogP contribution in [0, 0.1) is 10.2 Å². The molecule has 10 heteroatoms. The molecule has 8 nitrogen and oxygen atoms in total. The summed E-state index contributed by atoms with van der Waals surface area (Å²) in [4.78, 5) is 0.131. The zero-order valence-corrected chi connectivity index (χ0v) is 20.0. The van der Waals surface area contributed by atoms with Gasteiger partial charge in [0.1, 0.15) is 0 Å². The monoisotopic (exact) mass is 494 g/mol. The zero-order valence-electron chi connectivity index (χ0n) is 18.4. The zero-order chi connectivity index (χ0) is 24.6. The molecule has 0 atom stereocenters. The Bertz CT molecular complexity index is 1110. The normalized spacial score (nSPS) is 11.6. The lowest BCUT2D eigenvalue weighted by Crippen LogP contribution is -2.68. The lowest BCUT2D eigenvalue weighted by molar-refractivity contribution is -2.00. The molecule has 0 bridgehead atoms. The van der Waals surface area contributed by atoms with Crippen LogP contribution in [0.1, 0.15) is 38.1 Å². The number of hydrogen-bond acceptors (Lipinski definition) is 6. The standard InChI is InChI=1S/C23H27N2O2S.ClHO4/c1-3-8-21-16-19(18-10-6-5-7-11-18)17-22(9-4-2)25(21)20-12-14-23(15-13-20)28(24,26)27;2-1(3,4)5/h5-7,10-17H,3-4,8-9H2,1-2H3,(H2,24,26,27);(H,2,3,4,5)/q+1;/p-1. The van der Waals surface area contributed by atoms with E-state index < -0.39 is 20.3 Å². The van der Waals surface area contributed by atoms with E-state index in [-0.39, 0.29) is 4.90 Å². The average Bonchev–Trinajstić information content (AvgIpc) is 2.73. The van der Waals surface area contributed by atoms with E-state index >= 15 is 0 Å². The Hall–Kier alpha value is -2.37. The van der Waals surface area contributed by atoms with E-state index in [4.69, 9.17) is 23.8 Å². The van der Waals surface area contributed by atoms with Crippen LogP contribution in [-0.4, -0.2) is 8.42 Å². The molecular formula is C23H27ClN2O6S. The van der Waals surface area contributed by atoms with Crippen LogP contribution in [0.25, 0.3) is 16.8 Å². The number of benzene rings is 2. The Morgan fingerprint density at radius 2 is 1.24 bits per heavy atom. The minimum Gasteiger partial charge on any atom is -0.225 e. The largest absolute Gasteiger partial charge is 0.238 e. The molecule has 1 heterocycles. The topological polar surface area (TPSA) is 156 Å². The van der Waals surface area contributed by atoms with Crippen LogP contribution in [0.3, 0.4) is 0 Å². The molecule has 0 radical (unpaired) electrons. The molecule has 2 aromatic carbocycles. The number of aryl methyl sites for hydroxylation is 2. The number of nitrogens with zero attached hydrogens (tertiary/aromatic N) is 1. The maximum Gasteiger partial charge on any atom is 0.238 e. The number of hydrogen-bond donors (Lipinski definition) is 1. The van der Waals surface area contributed by atoms with E-state index in [1.807, 2.05) is 18.2 Å². The van der Waals surface area contributed by atoms with Crippen molar-refractivity contribution in [3.05, 3.63) is 78.1 Å². The molecule has 0 aliphatic carbocycles. The molecule has 0 aliphatic rings. The predicted molar refractivity (Wildman–Crippen MR) is 113 cm³/mol. The summed E-state index contributed by atoms with van der Waals surface area (Å²) in [5.41, 5.74) is 5.81. The predicted octanol–water partition coefficient (Wildman–Crippen LogP) is -0.573. The Morgan fingerprint density at radius 3 is 1.64 bits per heavy atom. The highest BCUT2D eigenvalue weighted by molar-refractivity contribution is 7.89. The molecule has 0 amide bonds. The molecule has 3 aromatic rings. The van der Waals surface area contributed by atoms with Crippen LogP contribution in [0.15, 0.2) is 71.6 Å². The minimum absolute atomic E-state index is 0.131. The minimum atomic E-state index is -4.94. The van der Waals surface area contributed by atoms with Crippen LogP contribution in [0.4, 0.5) is 0 Å². The first kappa shape index (κ1) is 26.9. The lowest BCUT2D eigenvalue weighted by Gasteiger charge is -2.17. The Balaban J connectivity index is 0.000000696. The van der Waals surface area contributed by atoms with Crippen molar-refractivity contribution in [3.63, 3.8) is 0 Å². The molecule has 0 spiro atoms. The quantitative estimate of drug-likeness (QED) is 0.433. The summed E-state index contributed by atoms with van der Waals surface area (Å²) in [6.45, 7) is 4.34. The third kappa shape index (κ3) is 8.49. The van der Waals surface area contributed by atoms with Crippen molar-refractivity contribution in [2.75, 3.05) is 0 Å². The first-order chi connectivity index (χ1) is 15.4. The second-order valence-electron chi connectivity index (χ2n) is 7.35. The van der Waals surface area contributed by atoms with Gasteiger partial charge in [-0.1, -0.05) is 44.2 Å². The van der Waals surface area contributed by atoms with Gasteiger partial charge >= 0.3 is 0 Å². The number of halogens is 1. The average molecular weight is 495 g/mol. The van der Waals surface area contributed by atoms with Crippen molar-refractivity contribution >= 4 is 10.0 Å². The van der Waals surface area contributed by atoms with Crippen molar-refractivity contribution in [1.29, 1.82) is 0 Å². The Kier molecular flexibility index (Phi) is 9.50. The first-order valence-electron chi connectivity index (χ1n) is 10.3. The molecule has 3 rings (SSSR count). The fourth-order valence-electron chi connectivity index (χ4n) is 3.51. The maximum atomic E-state index is 11.6. The van der Waals surface area contributed by atoms with Crippen LogP contribution < -0.4 is 28.3 Å². The Labute approximate surface area is 196 Å². The van der Waals surface area contributed by atoms with E-state index in [0.717, 1.165) is 31.4 Å². The fraction of sp³-hybridized carbons (Fsp3) is 0.261. The van der Waals surface area contributed by atoms with Crippen molar-refractivity contribution in [3.8, 4) is 16.8 Å². The van der Waals surface area contributed by atoms with Crippen LogP contribution in [0.2, 0.25) is 0 Å². The second-order valence-corrected chi connectivity index (χ2v) is 9.66. The molecule has 0 unspecified atom stereocenters. The molecule has 178 valence electrons. The molecular weight excluding hydrogens is 468 g/mol. The number of nitrogens with two attached hydrogens (primary N) is 1. The van der Waals surface area contributed by atoms with Gasteiger partial charge in [0, 0.05) is 37.1 Å². The van der Waals surface area contributed by atoms with Crippen LogP contribution in [0.5, 0.6) is 0 Å². The number of sulfonamides is 1. The summed E-state index contributed by atoms with van der Waals surface area (Å²) in [6, 6.07) is 21.7. The highest BCUT2D eigenvalue weighted by Gasteiger charge is 2.22. The van der Waals surface area contributed by atoms with E-state index in [0.29, 0.717) is 0 Å². The van der Waals surface area contributed by atoms with Gasteiger partial charge in [-0.25, -0.2) is 32.2 Å². The smallest absolute Gasteiger partial charge is 0.225 e. The third-order valence-corrected chi connectivity index (χ3v) is 5.69. The molecule has 0 saturated heterocycles. The van der Waals surface area contributed by atoms with Gasteiger partial charge in [0.05, 0.1) is 4.90 Å². The maximum absolute atomic E-state index is 11.6. The third-order valence-electron chi connectivity index (χ3n) is 4.76. The van der Waals surface area contributed by atoms with Gasteiger partial charge in [-0.2, -0.15) is 4.57 Å². The molecule has 0 aliphatic heterocycles. The summed E-state index contributed by atoms with van der Waals surface area (Å²) >= 11 is 0. The van der Waals surface area contributed by atoms with E-state index in [1.165, 1.54) is 22.5 Å². The SMILES string of the molecule is CCCc1cc(-c2ccccc2)cc(CCC)[n+]1-c1ccc(S(N)(=O)=O)cc1.[O-][Cl+3]([O-])([O-])[O-]. The molecule has 0 fully saturated rings. The molecule has 2 N–H and O–H groups in total. The van der Waals surface area contributed by atoms with Gasteiger partial charge in [0.2, 0.25) is 15.7 Å². The van der Waals surface area contributed by atoms with E-state index in [9.17, 15) is 8.42 Å². The molecule has 0 saturated carbocycles. The van der Waals surface area contributed by atoms with Crippen molar-refractivity contribution in [2.24, 2.45) is 5.14 Å². The van der Waals surface area contributed by atoms with Gasteiger partial charge in [-0.05, 0) is 36.1 Å². The van der Waals surface area contributed by atoms with Gasteiger partial charge in [0.25, 0.3) is 0 Å². The molecule has 33 heavy (non-hydrogen) atoms. The van der Waals surface area contributed by atoms with Gasteiger partial charge in [-0.3, -0.25) is 0 Å². The Morgan fingerprint density at radius 1 is 0.788 bits per heavy atom. The number of primary sulfonamides is 1. The summed E-state index contributed by atoms with van der Waals surface area (Å²) < 4.78 is 59.4. The fourth-order valence-corrected chi connectivity index (χ4v) is 4.02. The van der Waals surface area contributed by atoms with Gasteiger partial charge < -0.3 is 0 Å². The highest BCUT2D eigenvalue weighted by atomic mass is 35.7. The molecule has 1 aromatic heterocycles. The second kappa shape index (κ2) is 11.7. The van der Waals surface area contributed by atoms with Crippen molar-refractivity contribution < 1.29 is 41.9 Å². The first-order valence-corrected chi connectivity index (χ1v) is 13.1. The highest BCUT2D eigenvalue weighted by Crippen LogP contribution is 2.23. The van der Waals surface area contributed by atoms with Gasteiger partial charge in [-0.15, -0.1) is 10.2 Å². The van der Waals surface area contributed by atoms with E-state index in [1.54, 1.807) is 12.1 Å². The summed E-state index contributed by atoms with van der Waals surface area (Å²) in [5.74, 6) is 0. The summed E-state index contributed by atoms with van der Waals surface area (Å²) in [5, 5.41) is 5.25. The number of pyridine rings is 1. The van der Waals surface area contributed by atoms with E-state index in [2.05, 4.69) is 54.8 Å². The van der Waals surface area contributed by atoms with Crippen LogP contribution in [-0.2, 0) is 22.9 Å². The summed E-state index contributed by atoms with van der Waals surface area (Å²) in [7, 11) is -8.64. The lowest BCUT2D eigenvalue weighted by atomic mass is 10.0. The van der Waals surface area contributed by atoms with Crippen molar-refractivity contribution in [1.82, 2.24) is 0 Å². The number of rotatable bonds is 7. The van der Waals surface area contributed by atoms with Crippen molar-refractivity contribution in [2.45, 2.75) is 44.4 Å². The number of aromatic nitrogens is 1. The van der Waals surface area contributed by atoms with Gasteiger partial charge in [0.15, 0.2) is 11.4 Å².